The van der Waals surface area contributed by atoms with Crippen LogP contribution in [0.15, 0.2) is 11.6 Å². The van der Waals surface area contributed by atoms with E-state index in [-0.39, 0.29) is 18.8 Å². The summed E-state index contributed by atoms with van der Waals surface area (Å²) in [6, 6.07) is 0. The van der Waals surface area contributed by atoms with Crippen LogP contribution < -0.4 is 0 Å². The summed E-state index contributed by atoms with van der Waals surface area (Å²) in [6.45, 7) is 3.51. The van der Waals surface area contributed by atoms with Gasteiger partial charge in [0.1, 0.15) is 18.3 Å². The highest BCUT2D eigenvalue weighted by molar-refractivity contribution is 5.24. The molecule has 0 aromatic heterocycles. The first-order valence-corrected chi connectivity index (χ1v) is 4.38. The lowest BCUT2D eigenvalue weighted by Gasteiger charge is -2.18. The SMILES string of the molecule is CC1(C)OC2C(CO)=C[C@H](O)C2O1. The minimum atomic E-state index is -0.662. The van der Waals surface area contributed by atoms with Crippen LogP contribution >= 0.6 is 0 Å². The molecule has 0 saturated carbocycles. The fourth-order valence-corrected chi connectivity index (χ4v) is 1.88. The highest BCUT2D eigenvalue weighted by atomic mass is 16.8. The van der Waals surface area contributed by atoms with Crippen LogP contribution in [-0.4, -0.2) is 40.9 Å². The van der Waals surface area contributed by atoms with Gasteiger partial charge >= 0.3 is 0 Å². The summed E-state index contributed by atoms with van der Waals surface area (Å²) in [7, 11) is 0. The van der Waals surface area contributed by atoms with Crippen molar-refractivity contribution in [2.24, 2.45) is 0 Å². The minimum absolute atomic E-state index is 0.0856. The highest BCUT2D eigenvalue weighted by Gasteiger charge is 2.49. The average Bonchev–Trinajstić information content (AvgIpc) is 2.47. The fourth-order valence-electron chi connectivity index (χ4n) is 1.88. The molecule has 4 nitrogen and oxygen atoms in total. The van der Waals surface area contributed by atoms with Crippen LogP contribution in [0.2, 0.25) is 0 Å². The molecule has 1 aliphatic heterocycles. The van der Waals surface area contributed by atoms with Gasteiger partial charge in [0.2, 0.25) is 0 Å². The third kappa shape index (κ3) is 1.40. The van der Waals surface area contributed by atoms with Crippen molar-refractivity contribution in [3.05, 3.63) is 11.6 Å². The second-order valence-electron chi connectivity index (χ2n) is 3.91. The summed E-state index contributed by atoms with van der Waals surface area (Å²) < 4.78 is 11.0. The average molecular weight is 186 g/mol. The maximum absolute atomic E-state index is 9.54. The second-order valence-corrected chi connectivity index (χ2v) is 3.91. The maximum atomic E-state index is 9.54. The predicted octanol–water partition coefficient (Wildman–Crippen LogP) is -0.200. The molecule has 1 heterocycles. The molecule has 0 amide bonds. The summed E-state index contributed by atoms with van der Waals surface area (Å²) >= 11 is 0. The molecule has 1 saturated heterocycles. The molecule has 3 atom stereocenters. The Kier molecular flexibility index (Phi) is 1.96. The lowest BCUT2D eigenvalue weighted by atomic mass is 10.1. The summed E-state index contributed by atoms with van der Waals surface area (Å²) in [4.78, 5) is 0. The Balaban J connectivity index is 2.19. The standard InChI is InChI=1S/C9H14O4/c1-9(2)12-7-5(4-10)3-6(11)8(7)13-9/h3,6-8,10-11H,4H2,1-2H3/t6-,7?,8?/m0/s1. The number of aliphatic hydroxyl groups excluding tert-OH is 2. The molecule has 0 aromatic carbocycles. The van der Waals surface area contributed by atoms with Gasteiger partial charge in [0, 0.05) is 0 Å². The Labute approximate surface area is 76.8 Å². The van der Waals surface area contributed by atoms with Crippen molar-refractivity contribution in [1.82, 2.24) is 0 Å². The van der Waals surface area contributed by atoms with Gasteiger partial charge in [-0.05, 0) is 25.5 Å². The van der Waals surface area contributed by atoms with Crippen LogP contribution in [-0.2, 0) is 9.47 Å². The van der Waals surface area contributed by atoms with Crippen LogP contribution in [0.25, 0.3) is 0 Å². The Hall–Kier alpha value is -0.420. The van der Waals surface area contributed by atoms with E-state index in [4.69, 9.17) is 14.6 Å². The maximum Gasteiger partial charge on any atom is 0.164 e. The van der Waals surface area contributed by atoms with Crippen LogP contribution in [0.4, 0.5) is 0 Å². The molecule has 1 fully saturated rings. The molecule has 2 aliphatic rings. The summed E-state index contributed by atoms with van der Waals surface area (Å²) in [5, 5.41) is 18.5. The van der Waals surface area contributed by atoms with Crippen LogP contribution in [0.1, 0.15) is 13.8 Å². The van der Waals surface area contributed by atoms with E-state index < -0.39 is 11.9 Å². The molecule has 13 heavy (non-hydrogen) atoms. The first kappa shape index (κ1) is 9.15. The fraction of sp³-hybridized carbons (Fsp3) is 0.778. The molecule has 1 aliphatic carbocycles. The van der Waals surface area contributed by atoms with Crippen molar-refractivity contribution < 1.29 is 19.7 Å². The number of rotatable bonds is 1. The largest absolute Gasteiger partial charge is 0.392 e. The monoisotopic (exact) mass is 186 g/mol. The Morgan fingerprint density at radius 3 is 2.77 bits per heavy atom. The van der Waals surface area contributed by atoms with Crippen molar-refractivity contribution in [2.45, 2.75) is 37.9 Å². The minimum Gasteiger partial charge on any atom is -0.392 e. The molecule has 2 unspecified atom stereocenters. The zero-order valence-electron chi connectivity index (χ0n) is 7.73. The van der Waals surface area contributed by atoms with Crippen molar-refractivity contribution in [3.63, 3.8) is 0 Å². The molecular formula is C9H14O4. The molecule has 2 N–H and O–H groups in total. The van der Waals surface area contributed by atoms with Gasteiger partial charge in [-0.25, -0.2) is 0 Å². The molecule has 2 rings (SSSR count). The van der Waals surface area contributed by atoms with E-state index in [0.29, 0.717) is 5.57 Å². The van der Waals surface area contributed by atoms with Crippen molar-refractivity contribution in [3.8, 4) is 0 Å². The Bertz CT molecular complexity index is 246. The van der Waals surface area contributed by atoms with E-state index in [0.717, 1.165) is 0 Å². The summed E-state index contributed by atoms with van der Waals surface area (Å²) in [6.07, 6.45) is 0.311. The van der Waals surface area contributed by atoms with Crippen LogP contribution in [0.5, 0.6) is 0 Å². The van der Waals surface area contributed by atoms with E-state index in [1.54, 1.807) is 19.9 Å². The topological polar surface area (TPSA) is 58.9 Å². The summed E-state index contributed by atoms with van der Waals surface area (Å²) in [5.74, 6) is -0.662. The zero-order chi connectivity index (χ0) is 9.64. The molecule has 0 spiro atoms. The van der Waals surface area contributed by atoms with E-state index in [1.807, 2.05) is 0 Å². The van der Waals surface area contributed by atoms with E-state index in [2.05, 4.69) is 0 Å². The number of hydrogen-bond acceptors (Lipinski definition) is 4. The van der Waals surface area contributed by atoms with Gasteiger partial charge in [-0.2, -0.15) is 0 Å². The molecule has 0 aromatic rings. The first-order chi connectivity index (χ1) is 6.03. The predicted molar refractivity (Wildman–Crippen MR) is 45.0 cm³/mol. The third-order valence-electron chi connectivity index (χ3n) is 2.40. The van der Waals surface area contributed by atoms with Gasteiger partial charge in [0.25, 0.3) is 0 Å². The van der Waals surface area contributed by atoms with E-state index >= 15 is 0 Å². The highest BCUT2D eigenvalue weighted by Crippen LogP contribution is 2.37. The number of hydrogen-bond donors (Lipinski definition) is 2. The van der Waals surface area contributed by atoms with Gasteiger partial charge in [0.15, 0.2) is 5.79 Å². The Morgan fingerprint density at radius 2 is 2.15 bits per heavy atom. The van der Waals surface area contributed by atoms with E-state index in [9.17, 15) is 5.11 Å². The van der Waals surface area contributed by atoms with Gasteiger partial charge in [0.05, 0.1) is 6.61 Å². The molecule has 0 radical (unpaired) electrons. The zero-order valence-corrected chi connectivity index (χ0v) is 7.73. The van der Waals surface area contributed by atoms with Gasteiger partial charge in [-0.15, -0.1) is 0 Å². The van der Waals surface area contributed by atoms with Gasteiger partial charge < -0.3 is 19.7 Å². The molecular weight excluding hydrogens is 172 g/mol. The third-order valence-corrected chi connectivity index (χ3v) is 2.40. The number of ether oxygens (including phenoxy) is 2. The summed E-state index contributed by atoms with van der Waals surface area (Å²) in [5.41, 5.74) is 0.711. The van der Waals surface area contributed by atoms with Crippen molar-refractivity contribution in [2.75, 3.05) is 6.61 Å². The number of fused-ring (bicyclic) bond motifs is 1. The molecule has 74 valence electrons. The smallest absolute Gasteiger partial charge is 0.164 e. The van der Waals surface area contributed by atoms with E-state index in [1.165, 1.54) is 0 Å². The lowest BCUT2D eigenvalue weighted by Crippen LogP contribution is -2.29. The molecule has 0 bridgehead atoms. The van der Waals surface area contributed by atoms with Crippen molar-refractivity contribution >= 4 is 0 Å². The van der Waals surface area contributed by atoms with Crippen molar-refractivity contribution in [1.29, 1.82) is 0 Å². The number of aliphatic hydroxyl groups is 2. The Morgan fingerprint density at radius 1 is 1.46 bits per heavy atom. The second kappa shape index (κ2) is 2.78. The van der Waals surface area contributed by atoms with Gasteiger partial charge in [-0.3, -0.25) is 0 Å². The van der Waals surface area contributed by atoms with Crippen LogP contribution in [0, 0.1) is 0 Å². The molecule has 4 heteroatoms. The van der Waals surface area contributed by atoms with Gasteiger partial charge in [-0.1, -0.05) is 0 Å². The first-order valence-electron chi connectivity index (χ1n) is 4.38. The normalized spacial score (nSPS) is 41.8. The van der Waals surface area contributed by atoms with Crippen LogP contribution in [0.3, 0.4) is 0 Å². The lowest BCUT2D eigenvalue weighted by molar-refractivity contribution is -0.153. The quantitative estimate of drug-likeness (QED) is 0.557.